The zero-order chi connectivity index (χ0) is 12.6. The third-order valence-corrected chi connectivity index (χ3v) is 3.64. The molecule has 2 rings (SSSR count). The molecule has 0 aromatic heterocycles. The molecule has 1 atom stereocenters. The lowest BCUT2D eigenvalue weighted by molar-refractivity contribution is 0.672. The van der Waals surface area contributed by atoms with Crippen LogP contribution >= 0.6 is 0 Å². The predicted octanol–water partition coefficient (Wildman–Crippen LogP) is 5.40. The van der Waals surface area contributed by atoms with Crippen molar-refractivity contribution in [3.63, 3.8) is 0 Å². The molecule has 1 unspecified atom stereocenters. The highest BCUT2D eigenvalue weighted by molar-refractivity contribution is 5.57. The lowest BCUT2D eigenvalue weighted by atomic mass is 9.89. The third-order valence-electron chi connectivity index (χ3n) is 3.64. The number of benzene rings is 1. The van der Waals surface area contributed by atoms with Crippen molar-refractivity contribution in [3.8, 4) is 0 Å². The van der Waals surface area contributed by atoms with Gasteiger partial charge < -0.3 is 0 Å². The Bertz CT molecular complexity index is 412. The quantitative estimate of drug-likeness (QED) is 0.461. The predicted molar refractivity (Wildman–Crippen MR) is 80.6 cm³/mol. The van der Waals surface area contributed by atoms with Gasteiger partial charge in [-0.1, -0.05) is 74.8 Å². The van der Waals surface area contributed by atoms with Gasteiger partial charge in [-0.3, -0.25) is 0 Å². The molecule has 18 heavy (non-hydrogen) atoms. The minimum atomic E-state index is 0.603. The van der Waals surface area contributed by atoms with Crippen molar-refractivity contribution in [1.82, 2.24) is 0 Å². The SMILES string of the molecule is CCCCCC/C=C/C1C=Cc2ccccc2C1. The van der Waals surface area contributed by atoms with E-state index in [2.05, 4.69) is 55.5 Å². The zero-order valence-electron chi connectivity index (χ0n) is 11.4. The number of unbranched alkanes of at least 4 members (excludes halogenated alkanes) is 4. The molecular formula is C18H24. The van der Waals surface area contributed by atoms with Gasteiger partial charge in [-0.25, -0.2) is 0 Å². The maximum atomic E-state index is 2.39. The molecule has 0 heteroatoms. The van der Waals surface area contributed by atoms with E-state index >= 15 is 0 Å². The van der Waals surface area contributed by atoms with Crippen LogP contribution in [-0.2, 0) is 6.42 Å². The van der Waals surface area contributed by atoms with Gasteiger partial charge in [0.15, 0.2) is 0 Å². The van der Waals surface area contributed by atoms with Crippen molar-refractivity contribution >= 4 is 6.08 Å². The Morgan fingerprint density at radius 2 is 2.06 bits per heavy atom. The van der Waals surface area contributed by atoms with Crippen LogP contribution in [0.5, 0.6) is 0 Å². The van der Waals surface area contributed by atoms with Gasteiger partial charge in [0, 0.05) is 0 Å². The van der Waals surface area contributed by atoms with Crippen LogP contribution in [0.4, 0.5) is 0 Å². The Balaban J connectivity index is 1.78. The molecule has 0 spiro atoms. The fraction of sp³-hybridized carbons (Fsp3) is 0.444. The number of fused-ring (bicyclic) bond motifs is 1. The summed E-state index contributed by atoms with van der Waals surface area (Å²) in [5.74, 6) is 0.603. The van der Waals surface area contributed by atoms with Crippen LogP contribution in [0, 0.1) is 5.92 Å². The van der Waals surface area contributed by atoms with Crippen molar-refractivity contribution in [1.29, 1.82) is 0 Å². The molecule has 0 heterocycles. The van der Waals surface area contributed by atoms with Gasteiger partial charge in [-0.15, -0.1) is 0 Å². The average Bonchev–Trinajstić information content (AvgIpc) is 2.42. The topological polar surface area (TPSA) is 0 Å². The van der Waals surface area contributed by atoms with E-state index in [-0.39, 0.29) is 0 Å². The molecule has 0 aliphatic heterocycles. The Hall–Kier alpha value is -1.30. The van der Waals surface area contributed by atoms with E-state index < -0.39 is 0 Å². The highest BCUT2D eigenvalue weighted by Gasteiger charge is 2.09. The summed E-state index contributed by atoms with van der Waals surface area (Å²) in [5, 5.41) is 0. The van der Waals surface area contributed by atoms with Gasteiger partial charge in [0.2, 0.25) is 0 Å². The van der Waals surface area contributed by atoms with Gasteiger partial charge in [-0.05, 0) is 36.3 Å². The fourth-order valence-corrected chi connectivity index (χ4v) is 2.52. The van der Waals surface area contributed by atoms with Crippen LogP contribution in [0.1, 0.15) is 50.2 Å². The largest absolute Gasteiger partial charge is 0.0879 e. The van der Waals surface area contributed by atoms with E-state index in [4.69, 9.17) is 0 Å². The normalized spacial score (nSPS) is 18.2. The summed E-state index contributed by atoms with van der Waals surface area (Å²) in [4.78, 5) is 0. The Morgan fingerprint density at radius 1 is 1.17 bits per heavy atom. The van der Waals surface area contributed by atoms with Gasteiger partial charge in [0.05, 0.1) is 0 Å². The lowest BCUT2D eigenvalue weighted by Crippen LogP contribution is -2.04. The van der Waals surface area contributed by atoms with Gasteiger partial charge in [0.25, 0.3) is 0 Å². The molecule has 1 aromatic carbocycles. The van der Waals surface area contributed by atoms with Crippen LogP contribution < -0.4 is 0 Å². The minimum Gasteiger partial charge on any atom is -0.0879 e. The standard InChI is InChI=1S/C18H24/c1-2-3-4-5-6-7-10-16-13-14-17-11-8-9-12-18(17)15-16/h7-14,16H,2-6,15H2,1H3/b10-7+. The second-order valence-electron chi connectivity index (χ2n) is 5.20. The monoisotopic (exact) mass is 240 g/mol. The van der Waals surface area contributed by atoms with E-state index in [1.165, 1.54) is 43.2 Å². The van der Waals surface area contributed by atoms with Crippen LogP contribution in [-0.4, -0.2) is 0 Å². The van der Waals surface area contributed by atoms with Crippen molar-refractivity contribution in [3.05, 3.63) is 53.6 Å². The first-order valence-corrected chi connectivity index (χ1v) is 7.33. The molecule has 0 fully saturated rings. The Labute approximate surface area is 111 Å². The molecule has 0 radical (unpaired) electrons. The highest BCUT2D eigenvalue weighted by Crippen LogP contribution is 2.23. The van der Waals surface area contributed by atoms with Crippen LogP contribution in [0.2, 0.25) is 0 Å². The summed E-state index contributed by atoms with van der Waals surface area (Å²) in [6.45, 7) is 2.26. The molecule has 0 N–H and O–H groups in total. The first-order chi connectivity index (χ1) is 8.90. The fourth-order valence-electron chi connectivity index (χ4n) is 2.52. The molecule has 0 saturated carbocycles. The summed E-state index contributed by atoms with van der Waals surface area (Å²) < 4.78 is 0. The maximum absolute atomic E-state index is 2.39. The van der Waals surface area contributed by atoms with Gasteiger partial charge in [0.1, 0.15) is 0 Å². The summed E-state index contributed by atoms with van der Waals surface area (Å²) in [6.07, 6.45) is 17.2. The molecule has 0 amide bonds. The Kier molecular flexibility index (Phi) is 5.26. The van der Waals surface area contributed by atoms with Gasteiger partial charge >= 0.3 is 0 Å². The second-order valence-corrected chi connectivity index (χ2v) is 5.20. The molecule has 1 aliphatic rings. The first kappa shape index (κ1) is 13.1. The minimum absolute atomic E-state index is 0.603. The van der Waals surface area contributed by atoms with Crippen molar-refractivity contribution in [2.75, 3.05) is 0 Å². The number of hydrogen-bond acceptors (Lipinski definition) is 0. The molecular weight excluding hydrogens is 216 g/mol. The smallest absolute Gasteiger partial charge is 0.000952 e. The molecule has 0 nitrogen and oxygen atoms in total. The summed E-state index contributed by atoms with van der Waals surface area (Å²) in [7, 11) is 0. The van der Waals surface area contributed by atoms with Crippen LogP contribution in [0.3, 0.4) is 0 Å². The molecule has 1 aliphatic carbocycles. The summed E-state index contributed by atoms with van der Waals surface area (Å²) in [5.41, 5.74) is 2.88. The molecule has 1 aromatic rings. The maximum Gasteiger partial charge on any atom is -0.000952 e. The second kappa shape index (κ2) is 7.20. The number of allylic oxidation sites excluding steroid dienone is 3. The first-order valence-electron chi connectivity index (χ1n) is 7.33. The zero-order valence-corrected chi connectivity index (χ0v) is 11.4. The van der Waals surface area contributed by atoms with Crippen molar-refractivity contribution < 1.29 is 0 Å². The lowest BCUT2D eigenvalue weighted by Gasteiger charge is -2.16. The van der Waals surface area contributed by atoms with Gasteiger partial charge in [-0.2, -0.15) is 0 Å². The Morgan fingerprint density at radius 3 is 2.94 bits per heavy atom. The number of hydrogen-bond donors (Lipinski definition) is 0. The van der Waals surface area contributed by atoms with E-state index in [9.17, 15) is 0 Å². The van der Waals surface area contributed by atoms with Crippen molar-refractivity contribution in [2.45, 2.75) is 45.4 Å². The molecule has 0 bridgehead atoms. The molecule has 0 saturated heterocycles. The average molecular weight is 240 g/mol. The van der Waals surface area contributed by atoms with E-state index in [1.807, 2.05) is 0 Å². The third kappa shape index (κ3) is 3.87. The van der Waals surface area contributed by atoms with Crippen molar-refractivity contribution in [2.24, 2.45) is 5.92 Å². The number of rotatable bonds is 6. The van der Waals surface area contributed by atoms with E-state index in [0.717, 1.165) is 6.42 Å². The molecule has 96 valence electrons. The van der Waals surface area contributed by atoms with E-state index in [1.54, 1.807) is 0 Å². The summed E-state index contributed by atoms with van der Waals surface area (Å²) >= 11 is 0. The summed E-state index contributed by atoms with van der Waals surface area (Å²) in [6, 6.07) is 8.72. The van der Waals surface area contributed by atoms with Crippen LogP contribution in [0.15, 0.2) is 42.5 Å². The van der Waals surface area contributed by atoms with E-state index in [0.29, 0.717) is 5.92 Å². The highest BCUT2D eigenvalue weighted by atomic mass is 14.1. The van der Waals surface area contributed by atoms with Crippen LogP contribution in [0.25, 0.3) is 6.08 Å².